The lowest BCUT2D eigenvalue weighted by Crippen LogP contribution is -2.01. The minimum Gasteiger partial charge on any atom is -0.253 e. The van der Waals surface area contributed by atoms with Crippen LogP contribution in [-0.2, 0) is 6.42 Å². The molecule has 0 N–H and O–H groups in total. The molecule has 4 heteroatoms. The Morgan fingerprint density at radius 3 is 1.27 bits per heavy atom. The first-order chi connectivity index (χ1) is 25.2. The second kappa shape index (κ2) is 14.4. The molecule has 0 saturated heterocycles. The van der Waals surface area contributed by atoms with Gasteiger partial charge in [-0.05, 0) is 92.9 Å². The maximum absolute atomic E-state index is 5.07. The van der Waals surface area contributed by atoms with E-state index in [4.69, 9.17) is 15.0 Å². The average Bonchev–Trinajstić information content (AvgIpc) is 3.22. The van der Waals surface area contributed by atoms with Gasteiger partial charge in [0.05, 0.1) is 0 Å². The Hall–Kier alpha value is -6.78. The SMILES string of the molecule is C=CCc1ccc(-c2cccc(-c3cccc(-c4nc(-c5cccc(-c6cccc(-c7ccccc7)c6)c5)nc(-c5ccccn5)n4)c3)c2)cc1. The van der Waals surface area contributed by atoms with Crippen LogP contribution in [0, 0.1) is 0 Å². The van der Waals surface area contributed by atoms with Crippen molar-refractivity contribution in [2.24, 2.45) is 0 Å². The van der Waals surface area contributed by atoms with Crippen molar-refractivity contribution in [1.82, 2.24) is 19.9 Å². The average molecular weight is 655 g/mol. The summed E-state index contributed by atoms with van der Waals surface area (Å²) < 4.78 is 0. The van der Waals surface area contributed by atoms with Gasteiger partial charge < -0.3 is 0 Å². The molecule has 4 nitrogen and oxygen atoms in total. The lowest BCUT2D eigenvalue weighted by molar-refractivity contribution is 1.06. The zero-order chi connectivity index (χ0) is 34.4. The van der Waals surface area contributed by atoms with Crippen LogP contribution in [-0.4, -0.2) is 19.9 Å². The van der Waals surface area contributed by atoms with E-state index in [2.05, 4.69) is 157 Å². The number of allylic oxidation sites excluding steroid dienone is 1. The molecule has 8 rings (SSSR count). The minimum atomic E-state index is 0.527. The molecule has 0 radical (unpaired) electrons. The van der Waals surface area contributed by atoms with Gasteiger partial charge in [0.15, 0.2) is 17.5 Å². The first kappa shape index (κ1) is 31.5. The summed E-state index contributed by atoms with van der Waals surface area (Å²) >= 11 is 0. The third kappa shape index (κ3) is 7.03. The molecule has 0 saturated carbocycles. The van der Waals surface area contributed by atoms with Crippen LogP contribution in [0.2, 0.25) is 0 Å². The Morgan fingerprint density at radius 2 is 0.784 bits per heavy atom. The van der Waals surface area contributed by atoms with Crippen LogP contribution in [0.4, 0.5) is 0 Å². The van der Waals surface area contributed by atoms with E-state index in [1.807, 2.05) is 30.3 Å². The Kier molecular flexibility index (Phi) is 8.87. The number of rotatable bonds is 9. The van der Waals surface area contributed by atoms with Crippen LogP contribution >= 0.6 is 0 Å². The molecule has 0 amide bonds. The number of pyridine rings is 1. The molecule has 0 atom stereocenters. The van der Waals surface area contributed by atoms with Gasteiger partial charge in [0.25, 0.3) is 0 Å². The number of hydrogen-bond acceptors (Lipinski definition) is 4. The highest BCUT2D eigenvalue weighted by Gasteiger charge is 2.15. The van der Waals surface area contributed by atoms with Crippen LogP contribution in [0.15, 0.2) is 189 Å². The summed E-state index contributed by atoms with van der Waals surface area (Å²) in [6, 6.07) is 58.9. The zero-order valence-electron chi connectivity index (χ0n) is 28.0. The molecule has 0 aliphatic heterocycles. The van der Waals surface area contributed by atoms with Gasteiger partial charge in [0.2, 0.25) is 0 Å². The maximum Gasteiger partial charge on any atom is 0.182 e. The van der Waals surface area contributed by atoms with E-state index in [0.717, 1.165) is 45.4 Å². The van der Waals surface area contributed by atoms with Crippen molar-refractivity contribution >= 4 is 0 Å². The smallest absolute Gasteiger partial charge is 0.182 e. The topological polar surface area (TPSA) is 51.6 Å². The van der Waals surface area contributed by atoms with E-state index in [0.29, 0.717) is 23.2 Å². The van der Waals surface area contributed by atoms with Crippen LogP contribution in [0.1, 0.15) is 5.56 Å². The summed E-state index contributed by atoms with van der Waals surface area (Å²) in [6.45, 7) is 3.86. The molecule has 8 aromatic rings. The highest BCUT2D eigenvalue weighted by Crippen LogP contribution is 2.32. The van der Waals surface area contributed by atoms with Gasteiger partial charge in [-0.1, -0.05) is 140 Å². The van der Waals surface area contributed by atoms with Crippen molar-refractivity contribution in [3.8, 4) is 78.8 Å². The van der Waals surface area contributed by atoms with Crippen molar-refractivity contribution in [2.75, 3.05) is 0 Å². The number of aromatic nitrogens is 4. The predicted octanol–water partition coefficient (Wildman–Crippen LogP) is 11.7. The molecule has 51 heavy (non-hydrogen) atoms. The molecular formula is C47H34N4. The normalized spacial score (nSPS) is 10.9. The summed E-state index contributed by atoms with van der Waals surface area (Å²) in [4.78, 5) is 19.6. The molecule has 242 valence electrons. The predicted molar refractivity (Wildman–Crippen MR) is 210 cm³/mol. The standard InChI is InChI=1S/C47H34N4/c1-2-12-33-24-26-35(27-25-33)37-16-9-18-39(30-37)41-20-11-22-43(32-41)46-49-45(50-47(51-46)44-23-6-7-28-48-44)42-21-10-19-40(31-42)38-17-8-15-36(29-38)34-13-4-3-5-14-34/h2-11,13-32H,1,12H2. The first-order valence-electron chi connectivity index (χ1n) is 17.0. The van der Waals surface area contributed by atoms with E-state index >= 15 is 0 Å². The van der Waals surface area contributed by atoms with Crippen molar-refractivity contribution in [3.63, 3.8) is 0 Å². The third-order valence-electron chi connectivity index (χ3n) is 8.94. The van der Waals surface area contributed by atoms with E-state index in [9.17, 15) is 0 Å². The van der Waals surface area contributed by atoms with Gasteiger partial charge >= 0.3 is 0 Å². The fourth-order valence-corrected chi connectivity index (χ4v) is 6.31. The number of benzene rings is 6. The molecule has 0 aliphatic rings. The van der Waals surface area contributed by atoms with E-state index < -0.39 is 0 Å². The third-order valence-corrected chi connectivity index (χ3v) is 8.94. The van der Waals surface area contributed by atoms with Crippen LogP contribution in [0.5, 0.6) is 0 Å². The Balaban J connectivity index is 1.17. The van der Waals surface area contributed by atoms with E-state index in [-0.39, 0.29) is 0 Å². The monoisotopic (exact) mass is 654 g/mol. The lowest BCUT2D eigenvalue weighted by atomic mass is 9.97. The second-order valence-corrected chi connectivity index (χ2v) is 12.4. The summed E-state index contributed by atoms with van der Waals surface area (Å²) in [7, 11) is 0. The van der Waals surface area contributed by atoms with Crippen molar-refractivity contribution in [3.05, 3.63) is 194 Å². The molecule has 2 heterocycles. The zero-order valence-corrected chi connectivity index (χ0v) is 28.0. The summed E-state index contributed by atoms with van der Waals surface area (Å²) in [5, 5.41) is 0. The Bertz CT molecular complexity index is 2450. The maximum atomic E-state index is 5.07. The molecule has 0 bridgehead atoms. The largest absolute Gasteiger partial charge is 0.253 e. The van der Waals surface area contributed by atoms with Crippen LogP contribution in [0.25, 0.3) is 78.8 Å². The molecule has 6 aromatic carbocycles. The fourth-order valence-electron chi connectivity index (χ4n) is 6.31. The highest BCUT2D eigenvalue weighted by atomic mass is 15.0. The Morgan fingerprint density at radius 1 is 0.373 bits per heavy atom. The molecule has 0 fully saturated rings. The number of hydrogen-bond donors (Lipinski definition) is 0. The first-order valence-corrected chi connectivity index (χ1v) is 17.0. The summed E-state index contributed by atoms with van der Waals surface area (Å²) in [5.41, 5.74) is 12.9. The van der Waals surface area contributed by atoms with Crippen molar-refractivity contribution in [2.45, 2.75) is 6.42 Å². The second-order valence-electron chi connectivity index (χ2n) is 12.4. The van der Waals surface area contributed by atoms with Crippen LogP contribution in [0.3, 0.4) is 0 Å². The molecule has 0 unspecified atom stereocenters. The molecular weight excluding hydrogens is 621 g/mol. The van der Waals surface area contributed by atoms with Crippen LogP contribution < -0.4 is 0 Å². The van der Waals surface area contributed by atoms with Gasteiger partial charge in [-0.3, -0.25) is 4.98 Å². The van der Waals surface area contributed by atoms with Crippen molar-refractivity contribution < 1.29 is 0 Å². The van der Waals surface area contributed by atoms with Gasteiger partial charge in [0.1, 0.15) is 5.69 Å². The van der Waals surface area contributed by atoms with E-state index in [1.165, 1.54) is 22.3 Å². The minimum absolute atomic E-state index is 0.527. The Labute approximate surface area is 298 Å². The molecule has 0 aliphatic carbocycles. The van der Waals surface area contributed by atoms with E-state index in [1.54, 1.807) is 6.20 Å². The quantitative estimate of drug-likeness (QED) is 0.145. The van der Waals surface area contributed by atoms with Crippen molar-refractivity contribution in [1.29, 1.82) is 0 Å². The molecule has 0 spiro atoms. The highest BCUT2D eigenvalue weighted by molar-refractivity contribution is 5.78. The molecule has 2 aromatic heterocycles. The summed E-state index contributed by atoms with van der Waals surface area (Å²) in [6.07, 6.45) is 4.56. The fraction of sp³-hybridized carbons (Fsp3) is 0.0213. The van der Waals surface area contributed by atoms with Gasteiger partial charge in [-0.15, -0.1) is 6.58 Å². The van der Waals surface area contributed by atoms with Gasteiger partial charge in [-0.2, -0.15) is 0 Å². The lowest BCUT2D eigenvalue weighted by Gasteiger charge is -2.11. The van der Waals surface area contributed by atoms with Gasteiger partial charge in [-0.25, -0.2) is 15.0 Å². The number of nitrogens with zero attached hydrogens (tertiary/aromatic N) is 4. The summed E-state index contributed by atoms with van der Waals surface area (Å²) in [5.74, 6) is 1.71. The van der Waals surface area contributed by atoms with Gasteiger partial charge in [0, 0.05) is 17.3 Å².